The van der Waals surface area contributed by atoms with Crippen LogP contribution in [0, 0.1) is 10.1 Å². The van der Waals surface area contributed by atoms with Crippen LogP contribution in [0.15, 0.2) is 18.2 Å². The fourth-order valence-electron chi connectivity index (χ4n) is 1.08. The average molecular weight is 244 g/mol. The van der Waals surface area contributed by atoms with Crippen molar-refractivity contribution in [3.05, 3.63) is 33.3 Å². The number of benzene rings is 1. The monoisotopic (exact) mass is 243 g/mol. The third-order valence-electron chi connectivity index (χ3n) is 1.90. The number of nitro groups is 1. The summed E-state index contributed by atoms with van der Waals surface area (Å²) < 4.78 is 0. The van der Waals surface area contributed by atoms with E-state index in [1.807, 2.05) is 13.8 Å². The van der Waals surface area contributed by atoms with Crippen LogP contribution in [-0.2, 0) is 0 Å². The van der Waals surface area contributed by atoms with Gasteiger partial charge in [-0.1, -0.05) is 11.6 Å². The maximum absolute atomic E-state index is 10.5. The predicted octanol–water partition coefficient (Wildman–Crippen LogP) is 2.40. The Morgan fingerprint density at radius 2 is 2.19 bits per heavy atom. The average Bonchev–Trinajstić information content (AvgIpc) is 2.14. The molecule has 0 spiro atoms. The van der Waals surface area contributed by atoms with E-state index in [1.165, 1.54) is 12.1 Å². The van der Waals surface area contributed by atoms with Crippen molar-refractivity contribution in [3.8, 4) is 0 Å². The third-order valence-corrected chi connectivity index (χ3v) is 2.21. The van der Waals surface area contributed by atoms with Gasteiger partial charge in [-0.25, -0.2) is 0 Å². The number of hydrogen-bond donors (Lipinski definition) is 2. The summed E-state index contributed by atoms with van der Waals surface area (Å²) in [6.45, 7) is 4.28. The van der Waals surface area contributed by atoms with Crippen molar-refractivity contribution in [3.63, 3.8) is 0 Å². The topological polar surface area (TPSA) is 81.2 Å². The molecule has 1 rings (SSSR count). The molecule has 1 aromatic rings. The Kier molecular flexibility index (Phi) is 3.72. The van der Waals surface area contributed by atoms with Gasteiger partial charge in [0.2, 0.25) is 0 Å². The van der Waals surface area contributed by atoms with Gasteiger partial charge in [0.1, 0.15) is 0 Å². The molecule has 0 unspecified atom stereocenters. The molecule has 0 saturated carbocycles. The van der Waals surface area contributed by atoms with E-state index in [2.05, 4.69) is 5.32 Å². The fraction of sp³-hybridized carbons (Fsp3) is 0.400. The number of anilines is 1. The van der Waals surface area contributed by atoms with Crippen molar-refractivity contribution in [2.45, 2.75) is 19.4 Å². The molecule has 0 aromatic heterocycles. The summed E-state index contributed by atoms with van der Waals surface area (Å²) in [5.41, 5.74) is 6.05. The lowest BCUT2D eigenvalue weighted by atomic mass is 10.1. The highest BCUT2D eigenvalue weighted by Gasteiger charge is 2.13. The van der Waals surface area contributed by atoms with Gasteiger partial charge in [-0.05, 0) is 19.9 Å². The van der Waals surface area contributed by atoms with Crippen molar-refractivity contribution in [1.82, 2.24) is 0 Å². The highest BCUT2D eigenvalue weighted by molar-refractivity contribution is 6.33. The van der Waals surface area contributed by atoms with Crippen molar-refractivity contribution in [2.24, 2.45) is 5.73 Å². The largest absolute Gasteiger partial charge is 0.382 e. The second-order valence-electron chi connectivity index (χ2n) is 4.26. The molecule has 0 aliphatic rings. The number of nitro benzene ring substituents is 1. The summed E-state index contributed by atoms with van der Waals surface area (Å²) in [6, 6.07) is 4.29. The summed E-state index contributed by atoms with van der Waals surface area (Å²) >= 11 is 5.89. The fourth-order valence-corrected chi connectivity index (χ4v) is 1.33. The van der Waals surface area contributed by atoms with Crippen LogP contribution in [0.5, 0.6) is 0 Å². The highest BCUT2D eigenvalue weighted by atomic mass is 35.5. The summed E-state index contributed by atoms with van der Waals surface area (Å²) in [5, 5.41) is 13.8. The number of halogens is 1. The summed E-state index contributed by atoms with van der Waals surface area (Å²) in [7, 11) is 0. The van der Waals surface area contributed by atoms with E-state index in [0.29, 0.717) is 17.3 Å². The second kappa shape index (κ2) is 4.67. The van der Waals surface area contributed by atoms with Crippen molar-refractivity contribution >= 4 is 23.0 Å². The van der Waals surface area contributed by atoms with Gasteiger partial charge in [0.05, 0.1) is 15.6 Å². The number of hydrogen-bond acceptors (Lipinski definition) is 4. The Hall–Kier alpha value is -1.33. The van der Waals surface area contributed by atoms with E-state index in [4.69, 9.17) is 17.3 Å². The first kappa shape index (κ1) is 12.7. The number of rotatable bonds is 4. The van der Waals surface area contributed by atoms with Crippen molar-refractivity contribution in [2.75, 3.05) is 11.9 Å². The van der Waals surface area contributed by atoms with Gasteiger partial charge in [0.25, 0.3) is 5.69 Å². The molecule has 0 saturated heterocycles. The minimum absolute atomic E-state index is 0.0254. The van der Waals surface area contributed by atoms with E-state index < -0.39 is 4.92 Å². The smallest absolute Gasteiger partial charge is 0.271 e. The Morgan fingerprint density at radius 1 is 1.56 bits per heavy atom. The second-order valence-corrected chi connectivity index (χ2v) is 4.67. The van der Waals surface area contributed by atoms with Crippen LogP contribution < -0.4 is 11.1 Å². The molecule has 0 heterocycles. The first-order valence-corrected chi connectivity index (χ1v) is 5.14. The van der Waals surface area contributed by atoms with Gasteiger partial charge in [0, 0.05) is 24.2 Å². The Balaban J connectivity index is 2.80. The van der Waals surface area contributed by atoms with Crippen LogP contribution in [0.2, 0.25) is 5.02 Å². The standard InChI is InChI=1S/C10H14ClN3O2/c1-10(2,12)6-13-9-4-3-7(14(15)16)5-8(9)11/h3-5,13H,6,12H2,1-2H3. The zero-order valence-corrected chi connectivity index (χ0v) is 9.91. The first-order valence-electron chi connectivity index (χ1n) is 4.76. The molecule has 88 valence electrons. The van der Waals surface area contributed by atoms with Gasteiger partial charge >= 0.3 is 0 Å². The molecule has 0 atom stereocenters. The summed E-state index contributed by atoms with van der Waals surface area (Å²) in [6.07, 6.45) is 0. The minimum Gasteiger partial charge on any atom is -0.382 e. The molecule has 0 bridgehead atoms. The zero-order valence-electron chi connectivity index (χ0n) is 9.16. The summed E-state index contributed by atoms with van der Waals surface area (Å²) in [4.78, 5) is 10.0. The van der Waals surface area contributed by atoms with E-state index in [9.17, 15) is 10.1 Å². The zero-order chi connectivity index (χ0) is 12.3. The molecule has 0 aliphatic heterocycles. The first-order chi connectivity index (χ1) is 7.29. The van der Waals surface area contributed by atoms with Gasteiger partial charge in [-0.15, -0.1) is 0 Å². The molecule has 3 N–H and O–H groups in total. The maximum Gasteiger partial charge on any atom is 0.271 e. The van der Waals surface area contributed by atoms with Gasteiger partial charge < -0.3 is 11.1 Å². The molecule has 0 aliphatic carbocycles. The molecule has 0 amide bonds. The van der Waals surface area contributed by atoms with Crippen LogP contribution in [0.4, 0.5) is 11.4 Å². The highest BCUT2D eigenvalue weighted by Crippen LogP contribution is 2.26. The minimum atomic E-state index is -0.484. The normalized spacial score (nSPS) is 11.2. The number of nitrogens with zero attached hydrogens (tertiary/aromatic N) is 1. The molecule has 0 radical (unpaired) electrons. The van der Waals surface area contributed by atoms with E-state index >= 15 is 0 Å². The van der Waals surface area contributed by atoms with Crippen molar-refractivity contribution in [1.29, 1.82) is 0 Å². The van der Waals surface area contributed by atoms with E-state index in [-0.39, 0.29) is 11.2 Å². The van der Waals surface area contributed by atoms with Crippen LogP contribution in [0.25, 0.3) is 0 Å². The molecule has 5 nitrogen and oxygen atoms in total. The van der Waals surface area contributed by atoms with Crippen LogP contribution in [0.3, 0.4) is 0 Å². The third kappa shape index (κ3) is 3.67. The summed E-state index contributed by atoms with van der Waals surface area (Å²) in [5.74, 6) is 0. The van der Waals surface area contributed by atoms with Crippen molar-refractivity contribution < 1.29 is 4.92 Å². The number of nitrogens with one attached hydrogen (secondary N) is 1. The Labute approximate surface area is 98.7 Å². The van der Waals surface area contributed by atoms with Gasteiger partial charge in [-0.2, -0.15) is 0 Å². The number of nitrogens with two attached hydrogens (primary N) is 1. The lowest BCUT2D eigenvalue weighted by Crippen LogP contribution is -2.39. The molecule has 6 heteroatoms. The van der Waals surface area contributed by atoms with Crippen LogP contribution in [0.1, 0.15) is 13.8 Å². The van der Waals surface area contributed by atoms with Crippen LogP contribution >= 0.6 is 11.6 Å². The molecule has 1 aromatic carbocycles. The van der Waals surface area contributed by atoms with Gasteiger partial charge in [-0.3, -0.25) is 10.1 Å². The predicted molar refractivity (Wildman–Crippen MR) is 64.9 cm³/mol. The lowest BCUT2D eigenvalue weighted by molar-refractivity contribution is -0.384. The number of non-ortho nitro benzene ring substituents is 1. The lowest BCUT2D eigenvalue weighted by Gasteiger charge is -2.20. The van der Waals surface area contributed by atoms with E-state index in [1.54, 1.807) is 6.07 Å². The Morgan fingerprint density at radius 3 is 2.62 bits per heavy atom. The van der Waals surface area contributed by atoms with E-state index in [0.717, 1.165) is 0 Å². The SMILES string of the molecule is CC(C)(N)CNc1ccc([N+](=O)[O-])cc1Cl. The molecular formula is C10H14ClN3O2. The molecular weight excluding hydrogens is 230 g/mol. The maximum atomic E-state index is 10.5. The van der Waals surface area contributed by atoms with Gasteiger partial charge in [0.15, 0.2) is 0 Å². The molecule has 16 heavy (non-hydrogen) atoms. The van der Waals surface area contributed by atoms with Crippen LogP contribution in [-0.4, -0.2) is 17.0 Å². The Bertz CT molecular complexity index is 402. The molecule has 0 fully saturated rings. The quantitative estimate of drug-likeness (QED) is 0.629.